The quantitative estimate of drug-likeness (QED) is 0.358. The largest absolute Gasteiger partial charge is 0.484 e. The van der Waals surface area contributed by atoms with Gasteiger partial charge in [0.25, 0.3) is 6.47 Å². The standard InChI is InChI=1S/C22H22F3N3O.C6H10O2.C2H6/c1-27-15-7-5-14(6-8-15)21-19(12-26)18-10-9-17(29-13-22(23,24)25)11-20(18)28(21)16-3-2-4-16;1-5(8-4-7)6-2-3-6;1-2/h5-7,9-11,15-16,27H,2-4,8,13H2,1H3;4-6H,2-3H2,1H3;1-2H3. The average molecular weight is 546 g/mol. The van der Waals surface area contributed by atoms with Gasteiger partial charge in [0.05, 0.1) is 16.8 Å². The Bertz CT molecular complexity index is 1220. The van der Waals surface area contributed by atoms with Crippen LogP contribution in [0.3, 0.4) is 0 Å². The number of likely N-dealkylation sites (N-methyl/N-ethyl adjacent to an activating group) is 1. The molecule has 2 fully saturated rings. The molecule has 0 amide bonds. The Morgan fingerprint density at radius 1 is 1.23 bits per heavy atom. The molecule has 1 heterocycles. The van der Waals surface area contributed by atoms with Crippen LogP contribution in [0, 0.1) is 17.2 Å². The summed E-state index contributed by atoms with van der Waals surface area (Å²) in [7, 11) is 1.91. The summed E-state index contributed by atoms with van der Waals surface area (Å²) < 4.78 is 49.5. The van der Waals surface area contributed by atoms with Gasteiger partial charge in [-0.1, -0.05) is 32.1 Å². The number of nitriles is 1. The first-order chi connectivity index (χ1) is 18.8. The normalized spacial score (nSPS) is 19.3. The van der Waals surface area contributed by atoms with Crippen molar-refractivity contribution in [2.24, 2.45) is 5.92 Å². The lowest BCUT2D eigenvalue weighted by atomic mass is 9.91. The van der Waals surface area contributed by atoms with Crippen LogP contribution in [0.4, 0.5) is 13.2 Å². The molecule has 0 radical (unpaired) electrons. The van der Waals surface area contributed by atoms with Crippen molar-refractivity contribution in [3.63, 3.8) is 0 Å². The molecule has 1 aromatic carbocycles. The number of hydrogen-bond acceptors (Lipinski definition) is 5. The molecule has 2 atom stereocenters. The molecule has 2 saturated carbocycles. The van der Waals surface area contributed by atoms with Gasteiger partial charge in [-0.2, -0.15) is 18.4 Å². The zero-order chi connectivity index (χ0) is 28.6. The second kappa shape index (κ2) is 13.7. The Labute approximate surface area is 228 Å². The Morgan fingerprint density at radius 2 is 1.95 bits per heavy atom. The van der Waals surface area contributed by atoms with E-state index >= 15 is 0 Å². The minimum Gasteiger partial charge on any atom is -0.484 e. The van der Waals surface area contributed by atoms with Gasteiger partial charge in [-0.3, -0.25) is 4.79 Å². The van der Waals surface area contributed by atoms with Crippen LogP contribution in [0.1, 0.15) is 76.6 Å². The summed E-state index contributed by atoms with van der Waals surface area (Å²) in [5, 5.41) is 13.9. The van der Waals surface area contributed by atoms with Gasteiger partial charge < -0.3 is 19.4 Å². The maximum Gasteiger partial charge on any atom is 0.422 e. The summed E-state index contributed by atoms with van der Waals surface area (Å²) in [5.74, 6) is 0.826. The maximum atomic E-state index is 12.6. The molecular weight excluding hydrogens is 507 g/mol. The van der Waals surface area contributed by atoms with Crippen LogP contribution in [-0.4, -0.2) is 43.0 Å². The number of alkyl halides is 3. The van der Waals surface area contributed by atoms with Crippen molar-refractivity contribution in [2.45, 2.75) is 83.7 Å². The first-order valence-electron chi connectivity index (χ1n) is 13.7. The average Bonchev–Trinajstić information content (AvgIpc) is 3.71. The summed E-state index contributed by atoms with van der Waals surface area (Å²) in [4.78, 5) is 9.73. The van der Waals surface area contributed by atoms with Crippen molar-refractivity contribution in [1.82, 2.24) is 9.88 Å². The van der Waals surface area contributed by atoms with E-state index in [4.69, 9.17) is 4.74 Å². The molecule has 0 spiro atoms. The second-order valence-corrected chi connectivity index (χ2v) is 9.80. The number of fused-ring (bicyclic) bond motifs is 1. The van der Waals surface area contributed by atoms with Gasteiger partial charge in [0.2, 0.25) is 0 Å². The van der Waals surface area contributed by atoms with E-state index in [9.17, 15) is 23.2 Å². The number of nitrogens with zero attached hydrogens (tertiary/aromatic N) is 2. The molecule has 1 aromatic heterocycles. The van der Waals surface area contributed by atoms with Crippen LogP contribution in [0.25, 0.3) is 16.5 Å². The first kappa shape index (κ1) is 30.3. The van der Waals surface area contributed by atoms with Crippen molar-refractivity contribution < 1.29 is 27.4 Å². The van der Waals surface area contributed by atoms with Crippen molar-refractivity contribution in [3.8, 4) is 11.8 Å². The van der Waals surface area contributed by atoms with Crippen LogP contribution < -0.4 is 10.1 Å². The number of hydrogen-bond donors (Lipinski definition) is 1. The minimum absolute atomic E-state index is 0.160. The highest BCUT2D eigenvalue weighted by Gasteiger charge is 2.31. The third-order valence-electron chi connectivity index (χ3n) is 7.23. The molecule has 2 aromatic rings. The van der Waals surface area contributed by atoms with Crippen LogP contribution >= 0.6 is 0 Å². The van der Waals surface area contributed by atoms with Crippen LogP contribution in [0.2, 0.25) is 0 Å². The second-order valence-electron chi connectivity index (χ2n) is 9.80. The fourth-order valence-electron chi connectivity index (χ4n) is 4.74. The molecule has 9 heteroatoms. The molecule has 39 heavy (non-hydrogen) atoms. The molecule has 3 aliphatic carbocycles. The SMILES string of the molecule is CC.CC(OC=O)C1CC1.CNC1C=CC(c2c(C#N)c3ccc(OCC(F)(F)F)cc3n2C2CCC2)=CC1. The fourth-order valence-corrected chi connectivity index (χ4v) is 4.74. The highest BCUT2D eigenvalue weighted by atomic mass is 19.4. The summed E-state index contributed by atoms with van der Waals surface area (Å²) in [6, 6.07) is 7.66. The molecule has 6 nitrogen and oxygen atoms in total. The molecule has 0 bridgehead atoms. The Morgan fingerprint density at radius 3 is 2.44 bits per heavy atom. The minimum atomic E-state index is -4.39. The van der Waals surface area contributed by atoms with Gasteiger partial charge >= 0.3 is 6.18 Å². The zero-order valence-corrected chi connectivity index (χ0v) is 23.1. The topological polar surface area (TPSA) is 76.3 Å². The fraction of sp³-hybridized carbons (Fsp3) is 0.533. The van der Waals surface area contributed by atoms with Crippen LogP contribution in [0.15, 0.2) is 36.4 Å². The third-order valence-corrected chi connectivity index (χ3v) is 7.23. The smallest absolute Gasteiger partial charge is 0.422 e. The van der Waals surface area contributed by atoms with E-state index < -0.39 is 12.8 Å². The monoisotopic (exact) mass is 545 g/mol. The van der Waals surface area contributed by atoms with E-state index in [2.05, 4.69) is 32.8 Å². The third kappa shape index (κ3) is 7.66. The van der Waals surface area contributed by atoms with E-state index in [1.165, 1.54) is 18.9 Å². The summed E-state index contributed by atoms with van der Waals surface area (Å²) >= 11 is 0. The van der Waals surface area contributed by atoms with Gasteiger partial charge in [-0.15, -0.1) is 0 Å². The molecule has 0 saturated heterocycles. The van der Waals surface area contributed by atoms with Crippen molar-refractivity contribution in [2.75, 3.05) is 13.7 Å². The van der Waals surface area contributed by atoms with Crippen LogP contribution in [-0.2, 0) is 9.53 Å². The van der Waals surface area contributed by atoms with Gasteiger partial charge in [0.1, 0.15) is 17.9 Å². The van der Waals surface area contributed by atoms with Gasteiger partial charge in [0.15, 0.2) is 6.61 Å². The molecule has 1 N–H and O–H groups in total. The van der Waals surface area contributed by atoms with Crippen molar-refractivity contribution in [1.29, 1.82) is 5.26 Å². The predicted octanol–water partition coefficient (Wildman–Crippen LogP) is 7.09. The number of ether oxygens (including phenoxy) is 2. The highest BCUT2D eigenvalue weighted by molar-refractivity contribution is 5.95. The zero-order valence-electron chi connectivity index (χ0n) is 23.1. The van der Waals surface area contributed by atoms with E-state index in [0.29, 0.717) is 18.0 Å². The number of benzene rings is 1. The summed E-state index contributed by atoms with van der Waals surface area (Å²) in [5.41, 5.74) is 3.15. The van der Waals surface area contributed by atoms with Crippen molar-refractivity contribution in [3.05, 3.63) is 47.7 Å². The number of rotatable bonds is 8. The highest BCUT2D eigenvalue weighted by Crippen LogP contribution is 2.42. The first-order valence-corrected chi connectivity index (χ1v) is 13.7. The predicted molar refractivity (Wildman–Crippen MR) is 146 cm³/mol. The molecule has 2 unspecified atom stereocenters. The van der Waals surface area contributed by atoms with Gasteiger partial charge in [0, 0.05) is 23.5 Å². The lowest BCUT2D eigenvalue weighted by Gasteiger charge is -2.31. The summed E-state index contributed by atoms with van der Waals surface area (Å²) in [6.45, 7) is 5.13. The Kier molecular flexibility index (Phi) is 10.6. The molecular formula is C30H38F3N3O3. The maximum absolute atomic E-state index is 12.6. The molecule has 3 aliphatic rings. The number of nitrogens with one attached hydrogen (secondary N) is 1. The number of carbonyl (C=O) groups is 1. The molecule has 0 aliphatic heterocycles. The number of halogens is 3. The lowest BCUT2D eigenvalue weighted by Crippen LogP contribution is -2.24. The van der Waals surface area contributed by atoms with E-state index in [0.717, 1.165) is 47.9 Å². The summed E-state index contributed by atoms with van der Waals surface area (Å²) in [6.07, 6.45) is 8.36. The number of carbonyl (C=O) groups excluding carboxylic acids is 1. The van der Waals surface area contributed by atoms with E-state index in [1.807, 2.05) is 33.9 Å². The lowest BCUT2D eigenvalue weighted by molar-refractivity contribution is -0.153. The van der Waals surface area contributed by atoms with Gasteiger partial charge in [-0.25, -0.2) is 0 Å². The number of allylic oxidation sites excluding steroid dienone is 2. The Hall–Kier alpha value is -3.25. The van der Waals surface area contributed by atoms with Crippen LogP contribution in [0.5, 0.6) is 5.75 Å². The number of aromatic nitrogens is 1. The Balaban J connectivity index is 0.000000357. The van der Waals surface area contributed by atoms with Crippen molar-refractivity contribution >= 4 is 22.9 Å². The molecule has 5 rings (SSSR count). The van der Waals surface area contributed by atoms with E-state index in [1.54, 1.807) is 12.1 Å². The molecule has 212 valence electrons. The van der Waals surface area contributed by atoms with E-state index in [-0.39, 0.29) is 23.9 Å². The van der Waals surface area contributed by atoms with Gasteiger partial charge in [-0.05, 0) is 76.1 Å².